The number of nitrogens with zero attached hydrogens (tertiary/aromatic N) is 1. The predicted molar refractivity (Wildman–Crippen MR) is 106 cm³/mol. The number of hydrogen-bond acceptors (Lipinski definition) is 6. The van der Waals surface area contributed by atoms with Gasteiger partial charge in [0.1, 0.15) is 12.6 Å². The van der Waals surface area contributed by atoms with Gasteiger partial charge in [-0.15, -0.1) is 0 Å². The summed E-state index contributed by atoms with van der Waals surface area (Å²) in [6.07, 6.45) is 0.228. The molecule has 0 radical (unpaired) electrons. The molecule has 0 saturated heterocycles. The summed E-state index contributed by atoms with van der Waals surface area (Å²) in [7, 11) is 0. The first-order valence-corrected chi connectivity index (χ1v) is 9.00. The van der Waals surface area contributed by atoms with E-state index in [0.717, 1.165) is 5.69 Å². The molecule has 0 aliphatic carbocycles. The molecule has 7 heteroatoms. The fraction of sp³-hybridized carbons (Fsp3) is 0.550. The van der Waals surface area contributed by atoms with Gasteiger partial charge in [-0.3, -0.25) is 9.59 Å². The lowest BCUT2D eigenvalue weighted by atomic mass is 9.92. The minimum atomic E-state index is -0.830. The maximum atomic E-state index is 11.0. The number of carboxylic acid groups (broad SMARTS) is 1. The molecule has 7 nitrogen and oxygen atoms in total. The quantitative estimate of drug-likeness (QED) is 0.469. The largest absolute Gasteiger partial charge is 0.480 e. The lowest BCUT2D eigenvalue weighted by Crippen LogP contribution is -2.27. The number of carbonyl (C=O) groups excluding carboxylic acids is 1. The van der Waals surface area contributed by atoms with Gasteiger partial charge in [0.2, 0.25) is 0 Å². The molecule has 27 heavy (non-hydrogen) atoms. The van der Waals surface area contributed by atoms with Gasteiger partial charge >= 0.3 is 11.9 Å². The van der Waals surface area contributed by atoms with Crippen LogP contribution in [0.4, 0.5) is 5.69 Å². The fourth-order valence-electron chi connectivity index (χ4n) is 2.27. The Bertz CT molecular complexity index is 625. The van der Waals surface area contributed by atoms with Gasteiger partial charge in [0.15, 0.2) is 0 Å². The third kappa shape index (κ3) is 9.06. The van der Waals surface area contributed by atoms with Crippen LogP contribution in [-0.2, 0) is 14.3 Å². The zero-order chi connectivity index (χ0) is 21.0. The van der Waals surface area contributed by atoms with Crippen molar-refractivity contribution in [2.45, 2.75) is 58.9 Å². The van der Waals surface area contributed by atoms with E-state index in [2.05, 4.69) is 49.9 Å². The molecule has 1 aromatic rings. The lowest BCUT2D eigenvalue weighted by Gasteiger charge is -2.22. The Labute approximate surface area is 161 Å². The van der Waals surface area contributed by atoms with Gasteiger partial charge in [0, 0.05) is 5.69 Å². The van der Waals surface area contributed by atoms with Crippen LogP contribution in [0.25, 0.3) is 0 Å². The van der Waals surface area contributed by atoms with Gasteiger partial charge in [-0.1, -0.05) is 45.9 Å². The number of carbonyl (C=O) groups is 2. The van der Waals surface area contributed by atoms with E-state index in [1.165, 1.54) is 11.1 Å². The summed E-state index contributed by atoms with van der Waals surface area (Å²) in [4.78, 5) is 21.2. The average molecular weight is 377 g/mol. The van der Waals surface area contributed by atoms with Crippen molar-refractivity contribution in [3.63, 3.8) is 0 Å². The summed E-state index contributed by atoms with van der Waals surface area (Å²) < 4.78 is 4.45. The van der Waals surface area contributed by atoms with Crippen LogP contribution in [0.1, 0.15) is 64.0 Å². The summed E-state index contributed by atoms with van der Waals surface area (Å²) in [5.41, 5.74) is 8.23. The monoisotopic (exact) mass is 377 g/mol. The van der Waals surface area contributed by atoms with E-state index in [0.29, 0.717) is 11.8 Å². The van der Waals surface area contributed by atoms with Crippen LogP contribution in [0.2, 0.25) is 0 Å². The highest BCUT2D eigenvalue weighted by Gasteiger charge is 2.18. The lowest BCUT2D eigenvalue weighted by molar-refractivity contribution is -0.141. The van der Waals surface area contributed by atoms with Gasteiger partial charge < -0.3 is 20.9 Å². The van der Waals surface area contributed by atoms with Crippen LogP contribution < -0.4 is 11.1 Å². The Morgan fingerprint density at radius 3 is 2.07 bits per heavy atom. The Kier molecular flexibility index (Phi) is 11.5. The minimum absolute atomic E-state index is 0.120. The molecule has 0 bridgehead atoms. The summed E-state index contributed by atoms with van der Waals surface area (Å²) >= 11 is 0. The summed E-state index contributed by atoms with van der Waals surface area (Å²) in [6.45, 7) is 10.2. The highest BCUT2D eigenvalue weighted by atomic mass is 16.5. The van der Waals surface area contributed by atoms with Crippen LogP contribution in [0, 0.1) is 11.3 Å². The number of esters is 1. The average Bonchev–Trinajstić information content (AvgIpc) is 2.61. The third-order valence-corrected chi connectivity index (χ3v) is 3.75. The van der Waals surface area contributed by atoms with Gasteiger partial charge in [-0.05, 0) is 29.9 Å². The summed E-state index contributed by atoms with van der Waals surface area (Å²) in [5.74, 6) is -0.562. The van der Waals surface area contributed by atoms with Gasteiger partial charge in [-0.2, -0.15) is 5.26 Å². The van der Waals surface area contributed by atoms with E-state index in [1.807, 2.05) is 12.1 Å². The SMILES string of the molecule is CC(C)c1cccc(C(C)C)c1N[C@@H](C)C(=O)O.N#CCCOC(=O)CN. The molecule has 1 rings (SSSR count). The molecule has 0 aromatic heterocycles. The molecule has 0 aliphatic heterocycles. The number of nitriles is 1. The Morgan fingerprint density at radius 2 is 1.70 bits per heavy atom. The molecule has 4 N–H and O–H groups in total. The molecule has 0 unspecified atom stereocenters. The van der Waals surface area contributed by atoms with Crippen LogP contribution in [0.5, 0.6) is 0 Å². The molecule has 0 amide bonds. The number of nitrogens with two attached hydrogens (primary N) is 1. The van der Waals surface area contributed by atoms with Gasteiger partial charge in [0.05, 0.1) is 19.0 Å². The van der Waals surface area contributed by atoms with Crippen molar-refractivity contribution >= 4 is 17.6 Å². The molecule has 0 spiro atoms. The number of para-hydroxylation sites is 1. The number of aliphatic carboxylic acids is 1. The summed E-state index contributed by atoms with van der Waals surface area (Å²) in [5, 5.41) is 20.2. The third-order valence-electron chi connectivity index (χ3n) is 3.75. The van der Waals surface area contributed by atoms with Crippen molar-refractivity contribution < 1.29 is 19.4 Å². The first kappa shape index (κ1) is 24.4. The van der Waals surface area contributed by atoms with Crippen molar-refractivity contribution in [3.8, 4) is 6.07 Å². The van der Waals surface area contributed by atoms with E-state index in [-0.39, 0.29) is 19.6 Å². The van der Waals surface area contributed by atoms with Gasteiger partial charge in [0.25, 0.3) is 0 Å². The van der Waals surface area contributed by atoms with E-state index in [1.54, 1.807) is 6.92 Å². The molecule has 0 aliphatic rings. The first-order chi connectivity index (χ1) is 12.6. The number of carboxylic acids is 1. The molecular weight excluding hydrogens is 346 g/mol. The predicted octanol–water partition coefficient (Wildman–Crippen LogP) is 3.22. The Balaban J connectivity index is 0.000000636. The van der Waals surface area contributed by atoms with Crippen molar-refractivity contribution in [1.29, 1.82) is 5.26 Å². The van der Waals surface area contributed by atoms with E-state index < -0.39 is 18.0 Å². The highest BCUT2D eigenvalue weighted by Crippen LogP contribution is 2.32. The molecule has 0 heterocycles. The van der Waals surface area contributed by atoms with E-state index >= 15 is 0 Å². The number of ether oxygens (including phenoxy) is 1. The highest BCUT2D eigenvalue weighted by molar-refractivity contribution is 5.78. The standard InChI is InChI=1S/C15H23NO2.C5H8N2O2/c1-9(2)12-7-6-8-13(10(3)4)14(12)16-11(5)15(17)18;6-2-1-3-9-5(8)4-7/h6-11,16H,1-5H3,(H,17,18);1,3-4,7H2/t11-;/m0./s1. The fourth-order valence-corrected chi connectivity index (χ4v) is 2.27. The van der Waals surface area contributed by atoms with E-state index in [4.69, 9.17) is 16.1 Å². The first-order valence-electron chi connectivity index (χ1n) is 9.00. The number of benzene rings is 1. The molecular formula is C20H31N3O4. The maximum absolute atomic E-state index is 11.0. The van der Waals surface area contributed by atoms with Crippen LogP contribution in [-0.4, -0.2) is 36.2 Å². The van der Waals surface area contributed by atoms with Crippen LogP contribution in [0.15, 0.2) is 18.2 Å². The number of anilines is 1. The van der Waals surface area contributed by atoms with E-state index in [9.17, 15) is 9.59 Å². The number of rotatable bonds is 8. The Morgan fingerprint density at radius 1 is 1.19 bits per heavy atom. The number of nitrogens with one attached hydrogen (secondary N) is 1. The molecule has 0 saturated carbocycles. The zero-order valence-electron chi connectivity index (χ0n) is 16.8. The van der Waals surface area contributed by atoms with Crippen molar-refractivity contribution in [1.82, 2.24) is 0 Å². The normalized spacial score (nSPS) is 11.2. The topological polar surface area (TPSA) is 125 Å². The molecule has 150 valence electrons. The molecule has 1 aromatic carbocycles. The van der Waals surface area contributed by atoms with Crippen LogP contribution in [0.3, 0.4) is 0 Å². The smallest absolute Gasteiger partial charge is 0.325 e. The van der Waals surface area contributed by atoms with Gasteiger partial charge in [-0.25, -0.2) is 0 Å². The second-order valence-electron chi connectivity index (χ2n) is 6.66. The summed E-state index contributed by atoms with van der Waals surface area (Å²) in [6, 6.07) is 7.42. The zero-order valence-corrected chi connectivity index (χ0v) is 16.8. The van der Waals surface area contributed by atoms with Crippen molar-refractivity contribution in [2.75, 3.05) is 18.5 Å². The minimum Gasteiger partial charge on any atom is -0.480 e. The van der Waals surface area contributed by atoms with Crippen LogP contribution >= 0.6 is 0 Å². The molecule has 0 fully saturated rings. The van der Waals surface area contributed by atoms with Crippen molar-refractivity contribution in [3.05, 3.63) is 29.3 Å². The second-order valence-corrected chi connectivity index (χ2v) is 6.66. The second kappa shape index (κ2) is 12.7. The molecule has 1 atom stereocenters. The maximum Gasteiger partial charge on any atom is 0.325 e. The number of hydrogen-bond donors (Lipinski definition) is 3. The van der Waals surface area contributed by atoms with Crippen molar-refractivity contribution in [2.24, 2.45) is 5.73 Å². The Hall–Kier alpha value is -2.59.